The quantitative estimate of drug-likeness (QED) is 0.667. The number of rotatable bonds is 7. The summed E-state index contributed by atoms with van der Waals surface area (Å²) >= 11 is 0. The molecule has 1 heterocycles. The topological polar surface area (TPSA) is 69.7 Å². The monoisotopic (exact) mass is 396 g/mol. The van der Waals surface area contributed by atoms with E-state index in [0.717, 1.165) is 22.6 Å². The molecule has 1 saturated carbocycles. The highest BCUT2D eigenvalue weighted by atomic mass is 16.7. The second-order valence-corrected chi connectivity index (χ2v) is 8.81. The summed E-state index contributed by atoms with van der Waals surface area (Å²) in [6.07, 6.45) is 4.79. The van der Waals surface area contributed by atoms with E-state index in [-0.39, 0.29) is 17.3 Å². The highest BCUT2D eigenvalue weighted by Gasteiger charge is 2.46. The second kappa shape index (κ2) is 7.43. The van der Waals surface area contributed by atoms with Crippen molar-refractivity contribution in [3.05, 3.63) is 35.4 Å². The van der Waals surface area contributed by atoms with Gasteiger partial charge in [0.05, 0.1) is 0 Å². The lowest BCUT2D eigenvalue weighted by molar-refractivity contribution is -0.125. The van der Waals surface area contributed by atoms with Crippen LogP contribution < -0.4 is 9.47 Å². The minimum Gasteiger partial charge on any atom is -0.449 e. The fourth-order valence-corrected chi connectivity index (χ4v) is 4.91. The molecule has 0 spiro atoms. The average Bonchev–Trinajstić information content (AvgIpc) is 3.18. The number of carbonyl (C=O) groups excluding carboxylic acids is 3. The van der Waals surface area contributed by atoms with E-state index in [9.17, 15) is 14.4 Å². The lowest BCUT2D eigenvalue weighted by Crippen LogP contribution is -2.34. The molecule has 1 aromatic carbocycles. The number of ether oxygens (including phenoxy) is 2. The van der Waals surface area contributed by atoms with Crippen molar-refractivity contribution in [2.24, 2.45) is 5.41 Å². The maximum absolute atomic E-state index is 12.4. The van der Waals surface area contributed by atoms with E-state index in [1.807, 2.05) is 38.1 Å². The second-order valence-electron chi connectivity index (χ2n) is 8.81. The van der Waals surface area contributed by atoms with E-state index in [2.05, 4.69) is 0 Å². The van der Waals surface area contributed by atoms with E-state index in [1.165, 1.54) is 0 Å². The van der Waals surface area contributed by atoms with Gasteiger partial charge in [0.1, 0.15) is 11.6 Å². The third kappa shape index (κ3) is 3.75. The van der Waals surface area contributed by atoms with Crippen LogP contribution in [0.5, 0.6) is 11.5 Å². The first-order chi connectivity index (χ1) is 13.8. The number of hydrogen-bond acceptors (Lipinski definition) is 5. The highest BCUT2D eigenvalue weighted by molar-refractivity contribution is 6.03. The van der Waals surface area contributed by atoms with Gasteiger partial charge in [-0.3, -0.25) is 14.4 Å². The smallest absolute Gasteiger partial charge is 0.248 e. The zero-order valence-corrected chi connectivity index (χ0v) is 17.2. The molecule has 0 amide bonds. The zero-order valence-electron chi connectivity index (χ0n) is 17.2. The van der Waals surface area contributed by atoms with Crippen LogP contribution in [-0.2, 0) is 14.4 Å². The highest BCUT2D eigenvalue weighted by Crippen LogP contribution is 2.49. The largest absolute Gasteiger partial charge is 0.449 e. The Balaban J connectivity index is 1.29. The fraction of sp³-hybridized carbons (Fsp3) is 0.542. The van der Waals surface area contributed by atoms with Gasteiger partial charge < -0.3 is 9.47 Å². The molecule has 1 unspecified atom stereocenters. The van der Waals surface area contributed by atoms with Crippen molar-refractivity contribution in [1.29, 1.82) is 0 Å². The Morgan fingerprint density at radius 2 is 1.69 bits per heavy atom. The third-order valence-electron chi connectivity index (χ3n) is 6.68. The molecule has 5 nitrogen and oxygen atoms in total. The maximum atomic E-state index is 12.4. The van der Waals surface area contributed by atoms with Gasteiger partial charge in [-0.2, -0.15) is 0 Å². The van der Waals surface area contributed by atoms with Gasteiger partial charge in [-0.05, 0) is 55.9 Å². The number of Topliss-reactive ketones (excluding diaryl/α,β-unsaturated/α-hetero) is 3. The normalized spacial score (nSPS) is 24.8. The molecule has 3 aliphatic rings. The van der Waals surface area contributed by atoms with Crippen LogP contribution in [0.4, 0.5) is 0 Å². The number of ketones is 3. The van der Waals surface area contributed by atoms with Crippen LogP contribution in [0.1, 0.15) is 71.6 Å². The molecule has 0 N–H and O–H groups in total. The summed E-state index contributed by atoms with van der Waals surface area (Å²) in [7, 11) is 0. The average molecular weight is 396 g/mol. The van der Waals surface area contributed by atoms with Crippen LogP contribution in [0.15, 0.2) is 35.4 Å². The van der Waals surface area contributed by atoms with Gasteiger partial charge in [0.2, 0.25) is 5.79 Å². The Morgan fingerprint density at radius 1 is 1.00 bits per heavy atom. The third-order valence-corrected chi connectivity index (χ3v) is 6.68. The Kier molecular flexibility index (Phi) is 5.09. The summed E-state index contributed by atoms with van der Waals surface area (Å²) in [5.41, 5.74) is 1.29. The Labute approximate surface area is 171 Å². The summed E-state index contributed by atoms with van der Waals surface area (Å²) < 4.78 is 11.8. The summed E-state index contributed by atoms with van der Waals surface area (Å²) in [5.74, 6) is 1.24. The van der Waals surface area contributed by atoms with Gasteiger partial charge in [0.25, 0.3) is 0 Å². The lowest BCUT2D eigenvalue weighted by Gasteiger charge is -2.31. The molecule has 0 aromatic heterocycles. The number of benzene rings is 1. The van der Waals surface area contributed by atoms with Gasteiger partial charge in [-0.25, -0.2) is 0 Å². The first-order valence-electron chi connectivity index (χ1n) is 10.6. The van der Waals surface area contributed by atoms with Gasteiger partial charge >= 0.3 is 0 Å². The molecule has 5 heteroatoms. The first kappa shape index (κ1) is 19.9. The summed E-state index contributed by atoms with van der Waals surface area (Å²) in [6, 6.07) is 7.57. The predicted molar refractivity (Wildman–Crippen MR) is 108 cm³/mol. The van der Waals surface area contributed by atoms with Crippen LogP contribution in [0.3, 0.4) is 0 Å². The Morgan fingerprint density at radius 3 is 2.38 bits per heavy atom. The van der Waals surface area contributed by atoms with Crippen LogP contribution in [0.2, 0.25) is 0 Å². The van der Waals surface area contributed by atoms with Gasteiger partial charge in [-0.1, -0.05) is 12.1 Å². The van der Waals surface area contributed by atoms with Crippen molar-refractivity contribution in [2.75, 3.05) is 0 Å². The van der Waals surface area contributed by atoms with Crippen molar-refractivity contribution in [1.82, 2.24) is 0 Å². The van der Waals surface area contributed by atoms with E-state index in [4.69, 9.17) is 9.47 Å². The minimum absolute atomic E-state index is 0.123. The van der Waals surface area contributed by atoms with Crippen molar-refractivity contribution >= 4 is 17.3 Å². The molecule has 2 aliphatic carbocycles. The minimum atomic E-state index is -0.736. The van der Waals surface area contributed by atoms with Gasteiger partial charge in [0, 0.05) is 44.4 Å². The standard InChI is InChI=1S/C24H28O5/c1-23-15-13-19(26)17(18(23)11-12-22(23)27)10-9-16(25)6-5-14-24(2)28-20-7-3-4-8-21(20)29-24/h3-4,7-8H,5-6,9-15H2,1-2H3. The van der Waals surface area contributed by atoms with Crippen LogP contribution in [0, 0.1) is 5.41 Å². The number of allylic oxidation sites excluding steroid dienone is 2. The first-order valence-corrected chi connectivity index (χ1v) is 10.6. The van der Waals surface area contributed by atoms with Crippen molar-refractivity contribution < 1.29 is 23.9 Å². The van der Waals surface area contributed by atoms with Crippen LogP contribution in [0.25, 0.3) is 0 Å². The summed E-state index contributed by atoms with van der Waals surface area (Å²) in [4.78, 5) is 37.1. The summed E-state index contributed by atoms with van der Waals surface area (Å²) in [6.45, 7) is 3.86. The molecule has 1 atom stereocenters. The molecule has 1 aliphatic heterocycles. The van der Waals surface area contributed by atoms with Crippen molar-refractivity contribution in [3.63, 3.8) is 0 Å². The molecule has 0 bridgehead atoms. The molecular formula is C24H28O5. The number of para-hydroxylation sites is 2. The van der Waals surface area contributed by atoms with E-state index >= 15 is 0 Å². The van der Waals surface area contributed by atoms with E-state index in [1.54, 1.807) is 0 Å². The SMILES string of the molecule is CC1(CCCC(=O)CCC2=C3CCC(=O)C3(C)CCC2=O)Oc2ccccc2O1. The van der Waals surface area contributed by atoms with Gasteiger partial charge in [-0.15, -0.1) is 0 Å². The Bertz CT molecular complexity index is 871. The molecule has 4 rings (SSSR count). The van der Waals surface area contributed by atoms with E-state index < -0.39 is 11.2 Å². The molecule has 1 aromatic rings. The molecule has 1 fully saturated rings. The predicted octanol–water partition coefficient (Wildman–Crippen LogP) is 4.72. The zero-order chi connectivity index (χ0) is 20.6. The van der Waals surface area contributed by atoms with E-state index in [0.29, 0.717) is 57.8 Å². The number of hydrogen-bond donors (Lipinski definition) is 0. The number of carbonyl (C=O) groups is 3. The number of fused-ring (bicyclic) bond motifs is 2. The van der Waals surface area contributed by atoms with Crippen molar-refractivity contribution in [2.45, 2.75) is 77.4 Å². The fourth-order valence-electron chi connectivity index (χ4n) is 4.91. The molecule has 154 valence electrons. The Hall–Kier alpha value is -2.43. The van der Waals surface area contributed by atoms with Crippen LogP contribution >= 0.6 is 0 Å². The molecule has 0 saturated heterocycles. The summed E-state index contributed by atoms with van der Waals surface area (Å²) in [5, 5.41) is 0. The van der Waals surface area contributed by atoms with Gasteiger partial charge in [0.15, 0.2) is 17.3 Å². The molecular weight excluding hydrogens is 368 g/mol. The van der Waals surface area contributed by atoms with Crippen LogP contribution in [-0.4, -0.2) is 23.1 Å². The lowest BCUT2D eigenvalue weighted by atomic mass is 9.71. The molecule has 0 radical (unpaired) electrons. The molecule has 29 heavy (non-hydrogen) atoms. The van der Waals surface area contributed by atoms with Crippen molar-refractivity contribution in [3.8, 4) is 11.5 Å². The maximum Gasteiger partial charge on any atom is 0.248 e.